The number of hydrogen-bond acceptors (Lipinski definition) is 5. The standard InChI is InChI=1S/C21H16F3NO4S/c1-29-17-9-5-13(11-18-19(27)25-20(28)30-18)10-15(17)16(26)8-4-12-2-6-14(7-3-12)21(22,23)24/h2-3,5-7,9-11H,4,8H2,1H3,(H,25,27,28)/b18-11+. The van der Waals surface area contributed by atoms with Crippen molar-refractivity contribution in [2.75, 3.05) is 7.11 Å². The molecule has 0 unspecified atom stereocenters. The van der Waals surface area contributed by atoms with Gasteiger partial charge in [-0.3, -0.25) is 19.7 Å². The number of ether oxygens (including phenoxy) is 1. The van der Waals surface area contributed by atoms with Crippen LogP contribution in [0, 0.1) is 0 Å². The molecule has 3 rings (SSSR count). The molecule has 0 radical (unpaired) electrons. The van der Waals surface area contributed by atoms with Crippen LogP contribution in [0.4, 0.5) is 18.0 Å². The van der Waals surface area contributed by atoms with Crippen LogP contribution in [0.5, 0.6) is 5.75 Å². The van der Waals surface area contributed by atoms with E-state index < -0.39 is 22.9 Å². The fourth-order valence-electron chi connectivity index (χ4n) is 2.86. The SMILES string of the molecule is COc1ccc(/C=C2/SC(=O)NC2=O)cc1C(=O)CCc1ccc(C(F)(F)F)cc1. The molecule has 2 amide bonds. The maximum atomic E-state index is 12.7. The van der Waals surface area contributed by atoms with Crippen LogP contribution in [0.2, 0.25) is 0 Å². The Morgan fingerprint density at radius 1 is 1.13 bits per heavy atom. The highest BCUT2D eigenvalue weighted by Crippen LogP contribution is 2.30. The predicted molar refractivity (Wildman–Crippen MR) is 106 cm³/mol. The van der Waals surface area contributed by atoms with E-state index in [1.807, 2.05) is 0 Å². The van der Waals surface area contributed by atoms with E-state index in [4.69, 9.17) is 4.74 Å². The normalized spacial score (nSPS) is 15.4. The minimum Gasteiger partial charge on any atom is -0.496 e. The van der Waals surface area contributed by atoms with Crippen LogP contribution in [0.1, 0.15) is 33.5 Å². The van der Waals surface area contributed by atoms with Crippen molar-refractivity contribution in [3.8, 4) is 5.75 Å². The molecule has 9 heteroatoms. The first-order valence-corrected chi connectivity index (χ1v) is 9.61. The third-order valence-corrected chi connectivity index (χ3v) is 5.20. The summed E-state index contributed by atoms with van der Waals surface area (Å²) in [6, 6.07) is 9.45. The summed E-state index contributed by atoms with van der Waals surface area (Å²) < 4.78 is 43.2. The minimum absolute atomic E-state index is 0.0650. The zero-order valence-electron chi connectivity index (χ0n) is 15.7. The van der Waals surface area contributed by atoms with Gasteiger partial charge in [0.15, 0.2) is 5.78 Å². The molecule has 0 bridgehead atoms. The number of halogens is 3. The summed E-state index contributed by atoms with van der Waals surface area (Å²) in [6.07, 6.45) is -2.58. The molecule has 1 aliphatic rings. The van der Waals surface area contributed by atoms with E-state index in [1.165, 1.54) is 25.3 Å². The Balaban J connectivity index is 1.75. The number of amides is 2. The number of nitrogens with one attached hydrogen (secondary N) is 1. The number of Topliss-reactive ketones (excluding diaryl/α,β-unsaturated/α-hetero) is 1. The Kier molecular flexibility index (Phi) is 6.31. The molecule has 5 nitrogen and oxygen atoms in total. The van der Waals surface area contributed by atoms with Crippen LogP contribution in [-0.2, 0) is 17.4 Å². The lowest BCUT2D eigenvalue weighted by Gasteiger charge is -2.10. The van der Waals surface area contributed by atoms with Gasteiger partial charge in [0.05, 0.1) is 23.1 Å². The number of hydrogen-bond donors (Lipinski definition) is 1. The fourth-order valence-corrected chi connectivity index (χ4v) is 3.54. The van der Waals surface area contributed by atoms with Crippen molar-refractivity contribution in [2.45, 2.75) is 19.0 Å². The van der Waals surface area contributed by atoms with Gasteiger partial charge >= 0.3 is 6.18 Å². The molecular weight excluding hydrogens is 419 g/mol. The molecule has 0 aliphatic carbocycles. The fraction of sp³-hybridized carbons (Fsp3) is 0.190. The zero-order chi connectivity index (χ0) is 21.9. The first-order valence-electron chi connectivity index (χ1n) is 8.79. The largest absolute Gasteiger partial charge is 0.496 e. The molecule has 1 heterocycles. The highest BCUT2D eigenvalue weighted by molar-refractivity contribution is 8.18. The molecule has 156 valence electrons. The molecule has 2 aromatic rings. The molecule has 1 aliphatic heterocycles. The van der Waals surface area contributed by atoms with Gasteiger partial charge in [-0.15, -0.1) is 0 Å². The van der Waals surface area contributed by atoms with E-state index in [2.05, 4.69) is 5.32 Å². The van der Waals surface area contributed by atoms with E-state index in [-0.39, 0.29) is 29.1 Å². The molecule has 0 spiro atoms. The number of methoxy groups -OCH3 is 1. The summed E-state index contributed by atoms with van der Waals surface area (Å²) in [7, 11) is 1.42. The van der Waals surface area contributed by atoms with E-state index >= 15 is 0 Å². The van der Waals surface area contributed by atoms with E-state index in [0.29, 0.717) is 16.9 Å². The Morgan fingerprint density at radius 2 is 1.83 bits per heavy atom. The molecule has 1 fully saturated rings. The Morgan fingerprint density at radius 3 is 2.40 bits per heavy atom. The summed E-state index contributed by atoms with van der Waals surface area (Å²) in [6.45, 7) is 0. The van der Waals surface area contributed by atoms with Crippen LogP contribution in [0.25, 0.3) is 6.08 Å². The van der Waals surface area contributed by atoms with Gasteiger partial charge in [0, 0.05) is 6.42 Å². The molecule has 1 N–H and O–H groups in total. The van der Waals surface area contributed by atoms with Gasteiger partial charge in [-0.05, 0) is 59.7 Å². The van der Waals surface area contributed by atoms with E-state index in [1.54, 1.807) is 18.2 Å². The Labute approximate surface area is 174 Å². The number of aryl methyl sites for hydroxylation is 1. The van der Waals surface area contributed by atoms with E-state index in [0.717, 1.165) is 23.9 Å². The molecule has 30 heavy (non-hydrogen) atoms. The number of thioether (sulfide) groups is 1. The third kappa shape index (κ3) is 5.10. The van der Waals surface area contributed by atoms with Crippen LogP contribution in [0.3, 0.4) is 0 Å². The van der Waals surface area contributed by atoms with Gasteiger partial charge in [0.1, 0.15) is 5.75 Å². The van der Waals surface area contributed by atoms with Crippen LogP contribution in [0.15, 0.2) is 47.4 Å². The lowest BCUT2D eigenvalue weighted by molar-refractivity contribution is -0.137. The van der Waals surface area contributed by atoms with Crippen molar-refractivity contribution >= 4 is 34.8 Å². The average molecular weight is 435 g/mol. The highest BCUT2D eigenvalue weighted by atomic mass is 32.2. The molecule has 1 saturated heterocycles. The van der Waals surface area contributed by atoms with Crippen molar-refractivity contribution in [3.63, 3.8) is 0 Å². The molecule has 0 aromatic heterocycles. The highest BCUT2D eigenvalue weighted by Gasteiger charge is 2.30. The predicted octanol–water partition coefficient (Wildman–Crippen LogP) is 4.85. The summed E-state index contributed by atoms with van der Waals surface area (Å²) in [5.41, 5.74) is 0.688. The summed E-state index contributed by atoms with van der Waals surface area (Å²) >= 11 is 0.768. The van der Waals surface area contributed by atoms with Gasteiger partial charge in [-0.2, -0.15) is 13.2 Å². The van der Waals surface area contributed by atoms with Crippen LogP contribution >= 0.6 is 11.8 Å². The summed E-state index contributed by atoms with van der Waals surface area (Å²) in [5, 5.41) is 1.69. The lowest BCUT2D eigenvalue weighted by Crippen LogP contribution is -2.17. The number of carbonyl (C=O) groups is 3. The summed E-state index contributed by atoms with van der Waals surface area (Å²) in [4.78, 5) is 35.9. The average Bonchev–Trinajstić information content (AvgIpc) is 3.02. The van der Waals surface area contributed by atoms with Gasteiger partial charge < -0.3 is 4.74 Å². The maximum Gasteiger partial charge on any atom is 0.416 e. The van der Waals surface area contributed by atoms with Gasteiger partial charge in [0.25, 0.3) is 11.1 Å². The third-order valence-electron chi connectivity index (χ3n) is 4.39. The number of imide groups is 1. The zero-order valence-corrected chi connectivity index (χ0v) is 16.5. The van der Waals surface area contributed by atoms with Crippen molar-refractivity contribution in [1.29, 1.82) is 0 Å². The Bertz CT molecular complexity index is 1030. The van der Waals surface area contributed by atoms with Crippen LogP contribution in [-0.4, -0.2) is 24.0 Å². The topological polar surface area (TPSA) is 72.5 Å². The number of carbonyl (C=O) groups excluding carboxylic acids is 3. The Hall–Kier alpha value is -3.07. The van der Waals surface area contributed by atoms with Crippen molar-refractivity contribution in [1.82, 2.24) is 5.32 Å². The van der Waals surface area contributed by atoms with Gasteiger partial charge in [0.2, 0.25) is 0 Å². The minimum atomic E-state index is -4.41. The van der Waals surface area contributed by atoms with E-state index in [9.17, 15) is 27.6 Å². The van der Waals surface area contributed by atoms with Crippen molar-refractivity contribution < 1.29 is 32.3 Å². The lowest BCUT2D eigenvalue weighted by atomic mass is 9.99. The van der Waals surface area contributed by atoms with Crippen LogP contribution < -0.4 is 10.1 Å². The second kappa shape index (κ2) is 8.74. The summed E-state index contributed by atoms with van der Waals surface area (Å²) in [5.74, 6) is -0.420. The number of rotatable bonds is 6. The molecule has 0 atom stereocenters. The number of benzene rings is 2. The smallest absolute Gasteiger partial charge is 0.416 e. The van der Waals surface area contributed by atoms with Crippen molar-refractivity contribution in [2.24, 2.45) is 0 Å². The van der Waals surface area contributed by atoms with Gasteiger partial charge in [-0.1, -0.05) is 18.2 Å². The number of alkyl halides is 3. The first-order chi connectivity index (χ1) is 14.2. The van der Waals surface area contributed by atoms with Crippen molar-refractivity contribution in [3.05, 3.63) is 69.6 Å². The second-order valence-corrected chi connectivity index (χ2v) is 7.44. The monoisotopic (exact) mass is 435 g/mol. The molecular formula is C21H16F3NO4S. The quantitative estimate of drug-likeness (QED) is 0.519. The second-order valence-electron chi connectivity index (χ2n) is 6.43. The van der Waals surface area contributed by atoms with Gasteiger partial charge in [-0.25, -0.2) is 0 Å². The maximum absolute atomic E-state index is 12.7. The molecule has 0 saturated carbocycles. The number of ketones is 1. The first kappa shape index (κ1) is 21.6. The molecule has 2 aromatic carbocycles.